The Morgan fingerprint density at radius 3 is 2.59 bits per heavy atom. The van der Waals surface area contributed by atoms with Crippen LogP contribution in [0.2, 0.25) is 0 Å². The Labute approximate surface area is 199 Å². The molecule has 2 amide bonds. The summed E-state index contributed by atoms with van der Waals surface area (Å²) in [5, 5.41) is 15.9. The van der Waals surface area contributed by atoms with Crippen molar-refractivity contribution in [2.45, 2.75) is 32.2 Å². The fourth-order valence-corrected chi connectivity index (χ4v) is 4.58. The topological polar surface area (TPSA) is 88.9 Å². The van der Waals surface area contributed by atoms with Crippen molar-refractivity contribution in [1.29, 1.82) is 0 Å². The normalized spacial score (nSPS) is 13.1. The molecule has 0 bridgehead atoms. The van der Waals surface area contributed by atoms with Gasteiger partial charge in [0.15, 0.2) is 5.82 Å². The summed E-state index contributed by atoms with van der Waals surface area (Å²) in [7, 11) is 0. The summed E-state index contributed by atoms with van der Waals surface area (Å²) in [6.45, 7) is 0.826. The lowest BCUT2D eigenvalue weighted by molar-refractivity contribution is 0.102. The van der Waals surface area contributed by atoms with Gasteiger partial charge in [0.25, 0.3) is 11.8 Å². The molecule has 5 rings (SSSR count). The Bertz CT molecular complexity index is 1330. The third kappa shape index (κ3) is 4.60. The van der Waals surface area contributed by atoms with Crippen molar-refractivity contribution in [2.24, 2.45) is 0 Å². The first kappa shape index (κ1) is 22.0. The van der Waals surface area contributed by atoms with Crippen LogP contribution in [-0.2, 0) is 13.0 Å². The fraction of sp³-hybridized carbons (Fsp3) is 0.200. The van der Waals surface area contributed by atoms with E-state index in [2.05, 4.69) is 25.4 Å². The van der Waals surface area contributed by atoms with E-state index in [0.29, 0.717) is 27.5 Å². The van der Waals surface area contributed by atoms with E-state index in [1.807, 2.05) is 5.38 Å². The van der Waals surface area contributed by atoms with Crippen LogP contribution < -0.4 is 10.6 Å². The second-order valence-electron chi connectivity index (χ2n) is 8.06. The van der Waals surface area contributed by atoms with E-state index in [1.54, 1.807) is 48.5 Å². The highest BCUT2D eigenvalue weighted by atomic mass is 32.1. The van der Waals surface area contributed by atoms with E-state index in [9.17, 15) is 14.0 Å². The molecular formula is C25H22FN5O2S. The van der Waals surface area contributed by atoms with Gasteiger partial charge in [0.2, 0.25) is 0 Å². The molecule has 0 saturated carbocycles. The summed E-state index contributed by atoms with van der Waals surface area (Å²) in [6, 6.07) is 14.5. The quantitative estimate of drug-likeness (QED) is 0.406. The van der Waals surface area contributed by atoms with Gasteiger partial charge in [-0.15, -0.1) is 21.5 Å². The van der Waals surface area contributed by atoms with E-state index >= 15 is 0 Å². The number of anilines is 2. The summed E-state index contributed by atoms with van der Waals surface area (Å²) in [6.07, 6.45) is 4.15. The van der Waals surface area contributed by atoms with Gasteiger partial charge in [-0.3, -0.25) is 9.59 Å². The van der Waals surface area contributed by atoms with E-state index in [-0.39, 0.29) is 11.6 Å². The van der Waals surface area contributed by atoms with Gasteiger partial charge in [-0.05, 0) is 66.8 Å². The van der Waals surface area contributed by atoms with Crippen LogP contribution in [0.3, 0.4) is 0 Å². The van der Waals surface area contributed by atoms with E-state index in [0.717, 1.165) is 38.1 Å². The molecule has 9 heteroatoms. The zero-order valence-electron chi connectivity index (χ0n) is 18.3. The van der Waals surface area contributed by atoms with E-state index in [4.69, 9.17) is 0 Å². The van der Waals surface area contributed by atoms with Gasteiger partial charge in [-0.2, -0.15) is 0 Å². The first-order valence-electron chi connectivity index (χ1n) is 11.1. The Morgan fingerprint density at radius 1 is 0.941 bits per heavy atom. The van der Waals surface area contributed by atoms with Crippen LogP contribution in [0.15, 0.2) is 60.0 Å². The van der Waals surface area contributed by atoms with Crippen molar-refractivity contribution in [3.05, 3.63) is 82.1 Å². The van der Waals surface area contributed by atoms with Crippen LogP contribution in [0.1, 0.15) is 45.1 Å². The van der Waals surface area contributed by atoms with E-state index < -0.39 is 11.7 Å². The van der Waals surface area contributed by atoms with Crippen molar-refractivity contribution in [1.82, 2.24) is 14.8 Å². The molecular weight excluding hydrogens is 453 g/mol. The molecule has 1 aliphatic heterocycles. The molecule has 1 aliphatic rings. The number of hydrogen-bond acceptors (Lipinski definition) is 5. The van der Waals surface area contributed by atoms with Crippen molar-refractivity contribution < 1.29 is 14.0 Å². The van der Waals surface area contributed by atoms with E-state index in [1.165, 1.54) is 17.4 Å². The first-order chi connectivity index (χ1) is 16.6. The third-order valence-electron chi connectivity index (χ3n) is 5.73. The number of carbonyl (C=O) groups excluding carboxylic acids is 2. The number of aryl methyl sites for hydroxylation is 1. The molecule has 2 N–H and O–H groups in total. The largest absolute Gasteiger partial charge is 0.321 e. The molecule has 0 radical (unpaired) electrons. The van der Waals surface area contributed by atoms with Crippen molar-refractivity contribution in [2.75, 3.05) is 10.6 Å². The van der Waals surface area contributed by atoms with Gasteiger partial charge in [-0.1, -0.05) is 12.5 Å². The number of amides is 2. The average Bonchev–Trinajstić information content (AvgIpc) is 3.47. The number of halogens is 1. The monoisotopic (exact) mass is 475 g/mol. The van der Waals surface area contributed by atoms with Crippen molar-refractivity contribution in [3.8, 4) is 11.4 Å². The third-order valence-corrected chi connectivity index (χ3v) is 6.60. The minimum Gasteiger partial charge on any atom is -0.321 e. The number of rotatable bonds is 5. The molecule has 2 aromatic heterocycles. The highest BCUT2D eigenvalue weighted by molar-refractivity contribution is 7.12. The lowest BCUT2D eigenvalue weighted by Crippen LogP contribution is -2.14. The Balaban J connectivity index is 1.31. The molecule has 0 unspecified atom stereocenters. The van der Waals surface area contributed by atoms with Gasteiger partial charge in [0.05, 0.1) is 10.6 Å². The maximum absolute atomic E-state index is 14.5. The van der Waals surface area contributed by atoms with Crippen molar-refractivity contribution >= 4 is 34.5 Å². The minimum atomic E-state index is -0.535. The summed E-state index contributed by atoms with van der Waals surface area (Å²) in [5.74, 6) is 0.421. The Hall–Kier alpha value is -3.85. The average molecular weight is 476 g/mol. The number of nitrogens with zero attached hydrogens (tertiary/aromatic N) is 3. The molecule has 34 heavy (non-hydrogen) atoms. The summed E-state index contributed by atoms with van der Waals surface area (Å²) < 4.78 is 16.6. The number of aromatic nitrogens is 3. The molecule has 0 fully saturated rings. The Kier molecular flexibility index (Phi) is 6.18. The van der Waals surface area contributed by atoms with Gasteiger partial charge in [0.1, 0.15) is 11.6 Å². The molecule has 0 spiro atoms. The number of nitrogens with one attached hydrogen (secondary N) is 2. The predicted molar refractivity (Wildman–Crippen MR) is 130 cm³/mol. The number of fused-ring (bicyclic) bond motifs is 1. The number of thiophene rings is 1. The molecule has 7 nitrogen and oxygen atoms in total. The second-order valence-corrected chi connectivity index (χ2v) is 9.01. The van der Waals surface area contributed by atoms with Crippen LogP contribution in [-0.4, -0.2) is 26.6 Å². The van der Waals surface area contributed by atoms with Gasteiger partial charge in [-0.25, -0.2) is 4.39 Å². The first-order valence-corrected chi connectivity index (χ1v) is 11.9. The highest BCUT2D eigenvalue weighted by Crippen LogP contribution is 2.27. The summed E-state index contributed by atoms with van der Waals surface area (Å²) in [5.41, 5.74) is 1.68. The van der Waals surface area contributed by atoms with Gasteiger partial charge < -0.3 is 15.2 Å². The second kappa shape index (κ2) is 9.56. The van der Waals surface area contributed by atoms with Crippen LogP contribution in [0.5, 0.6) is 0 Å². The zero-order valence-corrected chi connectivity index (χ0v) is 19.1. The molecule has 4 aromatic rings. The van der Waals surface area contributed by atoms with Crippen LogP contribution in [0, 0.1) is 5.82 Å². The zero-order chi connectivity index (χ0) is 23.5. The maximum Gasteiger partial charge on any atom is 0.265 e. The maximum atomic E-state index is 14.5. The summed E-state index contributed by atoms with van der Waals surface area (Å²) >= 11 is 1.35. The number of carbonyl (C=O) groups is 2. The predicted octanol–water partition coefficient (Wildman–Crippen LogP) is 5.38. The molecule has 0 aliphatic carbocycles. The van der Waals surface area contributed by atoms with Crippen LogP contribution in [0.4, 0.5) is 15.8 Å². The molecule has 3 heterocycles. The lowest BCUT2D eigenvalue weighted by atomic mass is 10.1. The number of hydrogen-bond donors (Lipinski definition) is 2. The van der Waals surface area contributed by atoms with Crippen molar-refractivity contribution in [3.63, 3.8) is 0 Å². The minimum absolute atomic E-state index is 0.0727. The van der Waals surface area contributed by atoms with Gasteiger partial charge >= 0.3 is 0 Å². The van der Waals surface area contributed by atoms with Gasteiger partial charge in [0, 0.05) is 29.8 Å². The summed E-state index contributed by atoms with van der Waals surface area (Å²) in [4.78, 5) is 25.5. The fourth-order valence-electron chi connectivity index (χ4n) is 3.96. The molecule has 2 aromatic carbocycles. The molecule has 172 valence electrons. The molecule has 0 atom stereocenters. The van der Waals surface area contributed by atoms with Crippen LogP contribution in [0.25, 0.3) is 11.4 Å². The molecule has 0 saturated heterocycles. The SMILES string of the molecule is O=C(Nc1cc(-c2nnc3n2CCCCC3)ccc1F)c1ccc(NC(=O)c2cccs2)cc1. The highest BCUT2D eigenvalue weighted by Gasteiger charge is 2.18. The number of benzene rings is 2. The standard InChI is InChI=1S/C25H22FN5O2S/c26-19-12-9-17(23-30-29-22-6-2-1-3-13-31(22)23)15-20(19)28-24(32)16-7-10-18(11-8-16)27-25(33)21-5-4-14-34-21/h4-5,7-12,14-15H,1-3,6,13H2,(H,27,33)(H,28,32). The smallest absolute Gasteiger partial charge is 0.265 e. The lowest BCUT2D eigenvalue weighted by Gasteiger charge is -2.11. The Morgan fingerprint density at radius 2 is 1.79 bits per heavy atom. The van der Waals surface area contributed by atoms with Crippen LogP contribution >= 0.6 is 11.3 Å².